The van der Waals surface area contributed by atoms with Gasteiger partial charge in [-0.15, -0.1) is 11.6 Å². The molecule has 0 saturated carbocycles. The molecule has 1 aliphatic carbocycles. The Balaban J connectivity index is 1.33. The van der Waals surface area contributed by atoms with Gasteiger partial charge in [0.2, 0.25) is 0 Å². The van der Waals surface area contributed by atoms with E-state index in [0.29, 0.717) is 31.1 Å². The summed E-state index contributed by atoms with van der Waals surface area (Å²) < 4.78 is 0. The zero-order valence-electron chi connectivity index (χ0n) is 20.0. The van der Waals surface area contributed by atoms with Crippen LogP contribution in [0.4, 0.5) is 0 Å². The molecule has 3 atom stereocenters. The third kappa shape index (κ3) is 5.13. The number of benzene rings is 1. The Morgan fingerprint density at radius 1 is 1.25 bits per heavy atom. The molecule has 174 valence electrons. The highest BCUT2D eigenvalue weighted by molar-refractivity contribution is 6.22. The van der Waals surface area contributed by atoms with Gasteiger partial charge in [-0.05, 0) is 53.8 Å². The maximum Gasteiger partial charge on any atom is 0.255 e. The molecule has 32 heavy (non-hydrogen) atoms. The fourth-order valence-electron chi connectivity index (χ4n) is 5.57. The Kier molecular flexibility index (Phi) is 7.14. The number of halogens is 1. The van der Waals surface area contributed by atoms with Crippen molar-refractivity contribution in [1.82, 2.24) is 15.1 Å². The van der Waals surface area contributed by atoms with Crippen molar-refractivity contribution >= 4 is 17.5 Å². The Hall–Kier alpha value is -1.62. The monoisotopic (exact) mass is 455 g/mol. The minimum absolute atomic E-state index is 0.144. The molecule has 0 spiro atoms. The molecule has 1 saturated heterocycles. The van der Waals surface area contributed by atoms with Gasteiger partial charge in [0.25, 0.3) is 5.91 Å². The van der Waals surface area contributed by atoms with Crippen molar-refractivity contribution in [3.63, 3.8) is 0 Å². The van der Waals surface area contributed by atoms with Gasteiger partial charge in [0.05, 0.1) is 12.0 Å². The van der Waals surface area contributed by atoms with Crippen molar-refractivity contribution < 1.29 is 4.79 Å². The number of piperidine rings is 1. The lowest BCUT2D eigenvalue weighted by Crippen LogP contribution is -2.53. The van der Waals surface area contributed by atoms with Gasteiger partial charge in [0.15, 0.2) is 0 Å². The lowest BCUT2D eigenvalue weighted by Gasteiger charge is -2.46. The van der Waals surface area contributed by atoms with Crippen LogP contribution in [0.3, 0.4) is 0 Å². The summed E-state index contributed by atoms with van der Waals surface area (Å²) in [6.07, 6.45) is 8.88. The summed E-state index contributed by atoms with van der Waals surface area (Å²) >= 11 is 6.24. The van der Waals surface area contributed by atoms with E-state index < -0.39 is 0 Å². The summed E-state index contributed by atoms with van der Waals surface area (Å²) in [7, 11) is 0. The number of hydrogen-bond acceptors (Lipinski definition) is 3. The fraction of sp³-hybridized carbons (Fsp3) is 0.593. The predicted octanol–water partition coefficient (Wildman–Crippen LogP) is 5.06. The van der Waals surface area contributed by atoms with Gasteiger partial charge in [-0.2, -0.15) is 0 Å². The van der Waals surface area contributed by atoms with E-state index >= 15 is 0 Å². The number of carbonyl (C=O) groups excluding carboxylic acids is 1. The topological polar surface area (TPSA) is 35.6 Å². The van der Waals surface area contributed by atoms with Crippen LogP contribution in [0.15, 0.2) is 48.1 Å². The third-order valence-corrected chi connectivity index (χ3v) is 7.81. The molecule has 5 heteroatoms. The maximum atomic E-state index is 12.7. The van der Waals surface area contributed by atoms with E-state index in [1.54, 1.807) is 0 Å². The lowest BCUT2D eigenvalue weighted by molar-refractivity contribution is 0.0586. The highest BCUT2D eigenvalue weighted by atomic mass is 35.5. The molecule has 0 radical (unpaired) electrons. The number of alkyl halides is 1. The minimum atomic E-state index is 0.144. The van der Waals surface area contributed by atoms with Crippen LogP contribution in [0.1, 0.15) is 56.5 Å². The number of carbonyl (C=O) groups is 1. The van der Waals surface area contributed by atoms with E-state index in [9.17, 15) is 4.79 Å². The zero-order chi connectivity index (χ0) is 22.9. The maximum absolute atomic E-state index is 12.7. The van der Waals surface area contributed by atoms with Crippen molar-refractivity contribution in [2.75, 3.05) is 26.3 Å². The van der Waals surface area contributed by atoms with E-state index in [1.807, 2.05) is 23.1 Å². The van der Waals surface area contributed by atoms with Crippen molar-refractivity contribution in [1.29, 1.82) is 0 Å². The first-order valence-corrected chi connectivity index (χ1v) is 12.5. The van der Waals surface area contributed by atoms with Crippen molar-refractivity contribution in [3.05, 3.63) is 59.2 Å². The normalized spacial score (nSPS) is 26.4. The first-order valence-electron chi connectivity index (χ1n) is 12.1. The van der Waals surface area contributed by atoms with Crippen molar-refractivity contribution in [3.8, 4) is 0 Å². The van der Waals surface area contributed by atoms with Crippen LogP contribution in [0.2, 0.25) is 0 Å². The van der Waals surface area contributed by atoms with Crippen molar-refractivity contribution in [2.45, 2.75) is 58.5 Å². The molecule has 2 unspecified atom stereocenters. The summed E-state index contributed by atoms with van der Waals surface area (Å²) in [5, 5.41) is 3.85. The van der Waals surface area contributed by atoms with Crippen LogP contribution in [0.5, 0.6) is 0 Å². The predicted molar refractivity (Wildman–Crippen MR) is 133 cm³/mol. The molecule has 4 rings (SSSR count). The summed E-state index contributed by atoms with van der Waals surface area (Å²) in [5.74, 6) is 1.23. The summed E-state index contributed by atoms with van der Waals surface area (Å²) in [5.41, 5.74) is 3.68. The van der Waals surface area contributed by atoms with Crippen LogP contribution < -0.4 is 5.32 Å². The number of allylic oxidation sites excluding steroid dienone is 4. The summed E-state index contributed by atoms with van der Waals surface area (Å²) in [6.45, 7) is 13.9. The fourth-order valence-corrected chi connectivity index (χ4v) is 5.73. The van der Waals surface area contributed by atoms with E-state index in [4.69, 9.17) is 11.6 Å². The molecule has 4 nitrogen and oxygen atoms in total. The zero-order valence-corrected chi connectivity index (χ0v) is 20.7. The molecule has 1 amide bonds. The van der Waals surface area contributed by atoms with Crippen molar-refractivity contribution in [2.24, 2.45) is 17.3 Å². The average molecular weight is 456 g/mol. The van der Waals surface area contributed by atoms with Gasteiger partial charge >= 0.3 is 0 Å². The van der Waals surface area contributed by atoms with Crippen LogP contribution in [0, 0.1) is 17.3 Å². The highest BCUT2D eigenvalue weighted by Crippen LogP contribution is 2.41. The van der Waals surface area contributed by atoms with Gasteiger partial charge in [0.1, 0.15) is 0 Å². The van der Waals surface area contributed by atoms with Crippen LogP contribution in [0.25, 0.3) is 0 Å². The van der Waals surface area contributed by atoms with E-state index in [1.165, 1.54) is 12.0 Å². The Bertz CT molecular complexity index is 891. The van der Waals surface area contributed by atoms with Gasteiger partial charge in [-0.25, -0.2) is 0 Å². The second-order valence-electron chi connectivity index (χ2n) is 10.8. The first kappa shape index (κ1) is 23.5. The third-order valence-electron chi connectivity index (χ3n) is 7.49. The number of amides is 1. The number of rotatable bonds is 7. The summed E-state index contributed by atoms with van der Waals surface area (Å²) in [6, 6.07) is 8.31. The Labute approximate surface area is 198 Å². The summed E-state index contributed by atoms with van der Waals surface area (Å²) in [4.78, 5) is 17.3. The smallest absolute Gasteiger partial charge is 0.255 e. The molecule has 0 aromatic heterocycles. The molecular formula is C27H38ClN3O. The SMILES string of the molecule is CC(C)[C@H](CN1CCC(C2=CCC(Cl)C=C2)C(C)(C)C1)NCN1Cc2ccccc2C1=O. The first-order chi connectivity index (χ1) is 15.2. The van der Waals surface area contributed by atoms with Gasteiger partial charge in [0, 0.05) is 31.2 Å². The standard InChI is InChI=1S/C27H38ClN3O/c1-19(2)25(29-18-31-15-21-7-5-6-8-23(21)26(31)32)16-30-14-13-24(27(3,4)17-30)20-9-11-22(28)12-10-20/h5-11,19,22,24-25,29H,12-18H2,1-4H3/t22?,24?,25-/m0/s1. The molecular weight excluding hydrogens is 418 g/mol. The van der Waals surface area contributed by atoms with Crippen LogP contribution in [-0.4, -0.2) is 53.4 Å². The minimum Gasteiger partial charge on any atom is -0.322 e. The molecule has 1 aromatic rings. The Morgan fingerprint density at radius 3 is 2.69 bits per heavy atom. The molecule has 2 heterocycles. The lowest BCUT2D eigenvalue weighted by atomic mass is 9.69. The average Bonchev–Trinajstić information content (AvgIpc) is 3.07. The second kappa shape index (κ2) is 9.70. The van der Waals surface area contributed by atoms with Crippen LogP contribution >= 0.6 is 11.6 Å². The number of hydrogen-bond donors (Lipinski definition) is 1. The van der Waals surface area contributed by atoms with E-state index in [-0.39, 0.29) is 16.7 Å². The van der Waals surface area contributed by atoms with Crippen LogP contribution in [-0.2, 0) is 6.54 Å². The molecule has 3 aliphatic rings. The van der Waals surface area contributed by atoms with Gasteiger partial charge in [-0.1, -0.05) is 64.1 Å². The molecule has 1 fully saturated rings. The Morgan fingerprint density at radius 2 is 2.03 bits per heavy atom. The quantitative estimate of drug-likeness (QED) is 0.584. The molecule has 1 aromatic carbocycles. The van der Waals surface area contributed by atoms with E-state index in [0.717, 1.165) is 37.2 Å². The second-order valence-corrected chi connectivity index (χ2v) is 11.3. The number of nitrogens with zero attached hydrogens (tertiary/aromatic N) is 2. The number of fused-ring (bicyclic) bond motifs is 1. The van der Waals surface area contributed by atoms with E-state index in [2.05, 4.69) is 62.2 Å². The molecule has 2 aliphatic heterocycles. The number of nitrogens with one attached hydrogen (secondary N) is 1. The van der Waals surface area contributed by atoms with Gasteiger partial charge in [-0.3, -0.25) is 10.1 Å². The molecule has 1 N–H and O–H groups in total. The highest BCUT2D eigenvalue weighted by Gasteiger charge is 2.38. The largest absolute Gasteiger partial charge is 0.322 e. The molecule has 0 bridgehead atoms. The van der Waals surface area contributed by atoms with Gasteiger partial charge < -0.3 is 9.80 Å². The number of likely N-dealkylation sites (tertiary alicyclic amines) is 1.